The zero-order chi connectivity index (χ0) is 13.9. The van der Waals surface area contributed by atoms with E-state index in [1.807, 2.05) is 0 Å². The van der Waals surface area contributed by atoms with E-state index in [0.29, 0.717) is 0 Å². The molecule has 0 radical (unpaired) electrons. The molecule has 3 N–H and O–H groups in total. The van der Waals surface area contributed by atoms with E-state index in [1.54, 1.807) is 0 Å². The summed E-state index contributed by atoms with van der Waals surface area (Å²) in [7, 11) is -3.26. The molecular weight excluding hydrogens is 266 g/mol. The zero-order valence-corrected chi connectivity index (χ0v) is 10.4. The normalized spacial score (nSPS) is 11.3. The number of hydrogen-bond donors (Lipinski definition) is 2. The van der Waals surface area contributed by atoms with Crippen LogP contribution >= 0.6 is 0 Å². The van der Waals surface area contributed by atoms with Gasteiger partial charge in [-0.3, -0.25) is 4.79 Å². The molecule has 0 atom stereocenters. The third kappa shape index (κ3) is 3.66. The third-order valence-corrected chi connectivity index (χ3v) is 3.05. The molecule has 8 heteroatoms. The van der Waals surface area contributed by atoms with Crippen LogP contribution in [0.3, 0.4) is 0 Å². The predicted molar refractivity (Wildman–Crippen MR) is 62.8 cm³/mol. The van der Waals surface area contributed by atoms with Crippen molar-refractivity contribution in [1.82, 2.24) is 5.32 Å². The van der Waals surface area contributed by atoms with Crippen molar-refractivity contribution in [3.05, 3.63) is 29.3 Å². The largest absolute Gasteiger partial charge is 0.396 e. The predicted octanol–water partition coefficient (Wildman–Crippen LogP) is 0.321. The van der Waals surface area contributed by atoms with Gasteiger partial charge in [-0.05, 0) is 12.1 Å². The van der Waals surface area contributed by atoms with Crippen LogP contribution in [-0.4, -0.2) is 32.9 Å². The number of benzene rings is 1. The van der Waals surface area contributed by atoms with Gasteiger partial charge in [0.05, 0.1) is 11.4 Å². The number of carbonyl (C=O) groups is 1. The second-order valence-corrected chi connectivity index (χ2v) is 5.97. The molecule has 1 aromatic carbocycles. The minimum atomic E-state index is -3.26. The van der Waals surface area contributed by atoms with E-state index in [-0.39, 0.29) is 18.0 Å². The number of hydrogen-bond acceptors (Lipinski definition) is 4. The van der Waals surface area contributed by atoms with Crippen LogP contribution in [0.15, 0.2) is 12.1 Å². The Morgan fingerprint density at radius 1 is 1.39 bits per heavy atom. The molecular formula is C10H12F2N2O3S. The maximum Gasteiger partial charge on any atom is 0.257 e. The Hall–Kier alpha value is -1.70. The van der Waals surface area contributed by atoms with Gasteiger partial charge in [0.2, 0.25) is 0 Å². The van der Waals surface area contributed by atoms with Crippen molar-refractivity contribution in [3.8, 4) is 0 Å². The van der Waals surface area contributed by atoms with Crippen LogP contribution in [0.5, 0.6) is 0 Å². The van der Waals surface area contributed by atoms with Gasteiger partial charge in [-0.2, -0.15) is 0 Å². The maximum atomic E-state index is 13.4. The molecule has 1 aromatic rings. The van der Waals surface area contributed by atoms with Gasteiger partial charge in [0.25, 0.3) is 5.91 Å². The minimum Gasteiger partial charge on any atom is -0.396 e. The summed E-state index contributed by atoms with van der Waals surface area (Å²) in [5.74, 6) is -3.57. The van der Waals surface area contributed by atoms with Crippen molar-refractivity contribution in [2.24, 2.45) is 0 Å². The average molecular weight is 278 g/mol. The molecule has 5 nitrogen and oxygen atoms in total. The summed E-state index contributed by atoms with van der Waals surface area (Å²) in [6.07, 6.45) is 0.987. The fourth-order valence-electron chi connectivity index (χ4n) is 1.22. The molecule has 0 aliphatic carbocycles. The van der Waals surface area contributed by atoms with E-state index >= 15 is 0 Å². The highest BCUT2D eigenvalue weighted by atomic mass is 32.2. The van der Waals surface area contributed by atoms with Crippen LogP contribution in [0.1, 0.15) is 10.4 Å². The monoisotopic (exact) mass is 278 g/mol. The molecule has 0 bridgehead atoms. The highest BCUT2D eigenvalue weighted by Crippen LogP contribution is 2.18. The number of nitrogens with two attached hydrogens (primary N) is 1. The molecule has 100 valence electrons. The lowest BCUT2D eigenvalue weighted by Crippen LogP contribution is -2.30. The Kier molecular flexibility index (Phi) is 4.23. The first kappa shape index (κ1) is 14.4. The number of nitrogen functional groups attached to an aromatic ring is 1. The van der Waals surface area contributed by atoms with E-state index < -0.39 is 32.9 Å². The van der Waals surface area contributed by atoms with E-state index in [2.05, 4.69) is 5.32 Å². The van der Waals surface area contributed by atoms with Gasteiger partial charge >= 0.3 is 0 Å². The second kappa shape index (κ2) is 5.30. The Morgan fingerprint density at radius 3 is 2.56 bits per heavy atom. The summed E-state index contributed by atoms with van der Waals surface area (Å²) in [5.41, 5.74) is 4.03. The van der Waals surface area contributed by atoms with Gasteiger partial charge in [0, 0.05) is 12.8 Å². The molecule has 0 saturated carbocycles. The fourth-order valence-corrected chi connectivity index (χ4v) is 1.69. The SMILES string of the molecule is CS(=O)(=O)CCNC(=O)c1c(F)ccc(N)c1F. The maximum absolute atomic E-state index is 13.4. The summed E-state index contributed by atoms with van der Waals surface area (Å²) in [6, 6.07) is 1.86. The van der Waals surface area contributed by atoms with E-state index in [0.717, 1.165) is 18.4 Å². The number of amides is 1. The zero-order valence-electron chi connectivity index (χ0n) is 9.54. The van der Waals surface area contributed by atoms with Crippen LogP contribution in [0.25, 0.3) is 0 Å². The van der Waals surface area contributed by atoms with E-state index in [9.17, 15) is 22.0 Å². The summed E-state index contributed by atoms with van der Waals surface area (Å²) in [6.45, 7) is -0.231. The van der Waals surface area contributed by atoms with Crippen molar-refractivity contribution < 1.29 is 22.0 Å². The number of rotatable bonds is 4. The standard InChI is InChI=1S/C10H12F2N2O3S/c1-18(16,17)5-4-14-10(15)8-6(11)2-3-7(13)9(8)12/h2-3H,4-5,13H2,1H3,(H,14,15). The van der Waals surface area contributed by atoms with Gasteiger partial charge in [-0.1, -0.05) is 0 Å². The smallest absolute Gasteiger partial charge is 0.257 e. The molecule has 1 amide bonds. The molecule has 0 aliphatic heterocycles. The summed E-state index contributed by atoms with van der Waals surface area (Å²) in [4.78, 5) is 11.5. The summed E-state index contributed by atoms with van der Waals surface area (Å²) < 4.78 is 48.3. The van der Waals surface area contributed by atoms with Crippen LogP contribution in [0.4, 0.5) is 14.5 Å². The molecule has 0 spiro atoms. The number of sulfone groups is 1. The molecule has 0 aromatic heterocycles. The lowest BCUT2D eigenvalue weighted by molar-refractivity contribution is 0.0948. The van der Waals surface area contributed by atoms with Crippen molar-refractivity contribution in [3.63, 3.8) is 0 Å². The average Bonchev–Trinajstić information content (AvgIpc) is 2.22. The number of anilines is 1. The summed E-state index contributed by atoms with van der Waals surface area (Å²) in [5, 5.41) is 2.11. The van der Waals surface area contributed by atoms with Gasteiger partial charge in [-0.15, -0.1) is 0 Å². The molecule has 0 fully saturated rings. The highest BCUT2D eigenvalue weighted by molar-refractivity contribution is 7.90. The van der Waals surface area contributed by atoms with Gasteiger partial charge in [-0.25, -0.2) is 17.2 Å². The van der Waals surface area contributed by atoms with Crippen LogP contribution < -0.4 is 11.1 Å². The van der Waals surface area contributed by atoms with E-state index in [4.69, 9.17) is 5.73 Å². The fraction of sp³-hybridized carbons (Fsp3) is 0.300. The Balaban J connectivity index is 2.82. The number of nitrogens with one attached hydrogen (secondary N) is 1. The lowest BCUT2D eigenvalue weighted by Gasteiger charge is -2.07. The van der Waals surface area contributed by atoms with Crippen molar-refractivity contribution >= 4 is 21.4 Å². The molecule has 1 rings (SSSR count). The van der Waals surface area contributed by atoms with Gasteiger partial charge < -0.3 is 11.1 Å². The Morgan fingerprint density at radius 2 is 2.00 bits per heavy atom. The lowest BCUT2D eigenvalue weighted by atomic mass is 10.1. The van der Waals surface area contributed by atoms with Gasteiger partial charge in [0.1, 0.15) is 21.2 Å². The molecule has 0 heterocycles. The molecule has 0 unspecified atom stereocenters. The first-order valence-electron chi connectivity index (χ1n) is 4.92. The highest BCUT2D eigenvalue weighted by Gasteiger charge is 2.19. The van der Waals surface area contributed by atoms with Crippen molar-refractivity contribution in [2.45, 2.75) is 0 Å². The van der Waals surface area contributed by atoms with E-state index in [1.165, 1.54) is 0 Å². The second-order valence-electron chi connectivity index (χ2n) is 3.71. The van der Waals surface area contributed by atoms with Crippen molar-refractivity contribution in [2.75, 3.05) is 24.3 Å². The molecule has 0 aliphatic rings. The number of carbonyl (C=O) groups excluding carboxylic acids is 1. The van der Waals surface area contributed by atoms with Crippen LogP contribution in [-0.2, 0) is 9.84 Å². The van der Waals surface area contributed by atoms with Gasteiger partial charge in [0.15, 0.2) is 5.82 Å². The molecule has 0 saturated heterocycles. The number of halogens is 2. The third-order valence-electron chi connectivity index (χ3n) is 2.11. The topological polar surface area (TPSA) is 89.3 Å². The van der Waals surface area contributed by atoms with Crippen LogP contribution in [0, 0.1) is 11.6 Å². The Bertz CT molecular complexity index is 573. The summed E-state index contributed by atoms with van der Waals surface area (Å²) >= 11 is 0. The molecule has 18 heavy (non-hydrogen) atoms. The quantitative estimate of drug-likeness (QED) is 0.776. The minimum absolute atomic E-state index is 0.231. The first-order valence-corrected chi connectivity index (χ1v) is 6.98. The van der Waals surface area contributed by atoms with Crippen molar-refractivity contribution in [1.29, 1.82) is 0 Å². The van der Waals surface area contributed by atoms with Crippen LogP contribution in [0.2, 0.25) is 0 Å². The Labute approximate surface area is 103 Å². The first-order chi connectivity index (χ1) is 8.22.